The summed E-state index contributed by atoms with van der Waals surface area (Å²) in [5.41, 5.74) is 0.732. The Morgan fingerprint density at radius 3 is 2.53 bits per heavy atom. The van der Waals surface area contributed by atoms with Crippen LogP contribution in [0.2, 0.25) is 5.02 Å². The molecule has 9 heteroatoms. The first-order valence-electron chi connectivity index (χ1n) is 9.95. The lowest BCUT2D eigenvalue weighted by Gasteiger charge is -2.13. The van der Waals surface area contributed by atoms with Crippen molar-refractivity contribution in [3.05, 3.63) is 91.4 Å². The second-order valence-corrected chi connectivity index (χ2v) is 8.32. The van der Waals surface area contributed by atoms with E-state index in [0.29, 0.717) is 33.3 Å². The number of hydrogen-bond acceptors (Lipinski definition) is 5. The molecule has 4 aromatic rings. The monoisotopic (exact) mass is 469 g/mol. The molecule has 0 fully saturated rings. The molecule has 7 nitrogen and oxygen atoms in total. The molecule has 4 rings (SSSR count). The number of thiophene rings is 1. The highest BCUT2D eigenvalue weighted by Gasteiger charge is 2.17. The van der Waals surface area contributed by atoms with Gasteiger partial charge in [-0.2, -0.15) is 0 Å². The highest BCUT2D eigenvalue weighted by atomic mass is 35.5. The number of para-hydroxylation sites is 1. The Hall–Kier alpha value is -3.36. The number of hydrogen-bond donors (Lipinski definition) is 1. The molecule has 32 heavy (non-hydrogen) atoms. The molecule has 0 saturated heterocycles. The van der Waals surface area contributed by atoms with E-state index >= 15 is 0 Å². The van der Waals surface area contributed by atoms with Gasteiger partial charge in [0.25, 0.3) is 5.56 Å². The molecule has 2 aromatic carbocycles. The summed E-state index contributed by atoms with van der Waals surface area (Å²) in [5.74, 6) is 0.296. The van der Waals surface area contributed by atoms with E-state index in [2.05, 4.69) is 5.32 Å². The molecular weight excluding hydrogens is 450 g/mol. The summed E-state index contributed by atoms with van der Waals surface area (Å²) in [6.07, 6.45) is 0. The molecule has 164 valence electrons. The van der Waals surface area contributed by atoms with Crippen LogP contribution in [0.25, 0.3) is 10.2 Å². The third-order valence-corrected chi connectivity index (χ3v) is 6.08. The number of aromatic nitrogens is 2. The van der Waals surface area contributed by atoms with E-state index in [-0.39, 0.29) is 18.6 Å². The van der Waals surface area contributed by atoms with Crippen molar-refractivity contribution in [3.8, 4) is 5.75 Å². The first-order chi connectivity index (χ1) is 15.5. The predicted molar refractivity (Wildman–Crippen MR) is 127 cm³/mol. The van der Waals surface area contributed by atoms with E-state index in [4.69, 9.17) is 16.3 Å². The van der Waals surface area contributed by atoms with Crippen LogP contribution in [0.4, 0.5) is 5.69 Å². The molecule has 0 aliphatic carbocycles. The van der Waals surface area contributed by atoms with Gasteiger partial charge in [-0.1, -0.05) is 35.9 Å². The fourth-order valence-electron chi connectivity index (χ4n) is 3.36. The third kappa shape index (κ3) is 4.46. The Morgan fingerprint density at radius 1 is 1.06 bits per heavy atom. The first kappa shape index (κ1) is 21.9. The number of nitrogens with one attached hydrogen (secondary N) is 1. The van der Waals surface area contributed by atoms with Crippen molar-refractivity contribution in [2.24, 2.45) is 0 Å². The number of ether oxygens (including phenoxy) is 1. The minimum absolute atomic E-state index is 0.0873. The average molecular weight is 470 g/mol. The molecule has 0 unspecified atom stereocenters. The lowest BCUT2D eigenvalue weighted by molar-refractivity contribution is -0.116. The van der Waals surface area contributed by atoms with Gasteiger partial charge in [-0.3, -0.25) is 18.7 Å². The fraction of sp³-hybridized carbons (Fsp3) is 0.174. The van der Waals surface area contributed by atoms with Crippen LogP contribution >= 0.6 is 22.9 Å². The Morgan fingerprint density at radius 2 is 1.81 bits per heavy atom. The van der Waals surface area contributed by atoms with Crippen LogP contribution in [0.3, 0.4) is 0 Å². The summed E-state index contributed by atoms with van der Waals surface area (Å²) >= 11 is 7.35. The Kier molecular flexibility index (Phi) is 6.43. The molecule has 1 amide bonds. The number of amides is 1. The van der Waals surface area contributed by atoms with Gasteiger partial charge in [-0.05, 0) is 48.2 Å². The van der Waals surface area contributed by atoms with Crippen molar-refractivity contribution < 1.29 is 9.53 Å². The van der Waals surface area contributed by atoms with E-state index in [1.165, 1.54) is 15.9 Å². The molecule has 0 bridgehead atoms. The molecule has 2 heterocycles. The Balaban J connectivity index is 1.68. The fourth-order valence-corrected chi connectivity index (χ4v) is 4.39. The summed E-state index contributed by atoms with van der Waals surface area (Å²) in [7, 11) is 0. The lowest BCUT2D eigenvalue weighted by Crippen LogP contribution is -2.41. The maximum Gasteiger partial charge on any atom is 0.332 e. The number of halogens is 1. The zero-order chi connectivity index (χ0) is 22.7. The molecule has 0 spiro atoms. The molecule has 0 atom stereocenters. The normalized spacial score (nSPS) is 10.9. The quantitative estimate of drug-likeness (QED) is 0.444. The van der Waals surface area contributed by atoms with Crippen LogP contribution in [-0.2, 0) is 17.9 Å². The summed E-state index contributed by atoms with van der Waals surface area (Å²) in [5, 5.41) is 4.85. The molecule has 0 saturated carbocycles. The molecule has 1 N–H and O–H groups in total. The zero-order valence-corrected chi connectivity index (χ0v) is 18.8. The molecular formula is C23H20ClN3O4S. The lowest BCUT2D eigenvalue weighted by atomic mass is 10.2. The van der Waals surface area contributed by atoms with Gasteiger partial charge in [-0.25, -0.2) is 4.79 Å². The van der Waals surface area contributed by atoms with Crippen molar-refractivity contribution in [1.29, 1.82) is 0 Å². The largest absolute Gasteiger partial charge is 0.494 e. The minimum atomic E-state index is -0.552. The smallest absolute Gasteiger partial charge is 0.332 e. The molecule has 0 aliphatic heterocycles. The second-order valence-electron chi connectivity index (χ2n) is 7.00. The zero-order valence-electron chi connectivity index (χ0n) is 17.2. The number of benzene rings is 2. The standard InChI is InChI=1S/C23H20ClN3O4S/c1-2-31-16-9-7-15(8-10-16)13-27-22(29)21-19(11-12-32-21)26(23(27)30)14-20(28)25-18-6-4-3-5-17(18)24/h3-12H,2,13-14H2,1H3,(H,25,28). The van der Waals surface area contributed by atoms with Gasteiger partial charge in [0.15, 0.2) is 0 Å². The van der Waals surface area contributed by atoms with E-state index in [0.717, 1.165) is 10.1 Å². The van der Waals surface area contributed by atoms with Crippen LogP contribution in [0.1, 0.15) is 12.5 Å². The van der Waals surface area contributed by atoms with Gasteiger partial charge in [0.05, 0.1) is 29.4 Å². The number of anilines is 1. The van der Waals surface area contributed by atoms with Crippen molar-refractivity contribution in [1.82, 2.24) is 9.13 Å². The summed E-state index contributed by atoms with van der Waals surface area (Å²) in [4.78, 5) is 38.9. The van der Waals surface area contributed by atoms with Crippen LogP contribution in [-0.4, -0.2) is 21.6 Å². The average Bonchev–Trinajstić information content (AvgIpc) is 3.27. The van der Waals surface area contributed by atoms with Gasteiger partial charge in [0.1, 0.15) is 17.0 Å². The number of rotatable bonds is 7. The van der Waals surface area contributed by atoms with Crippen molar-refractivity contribution in [2.45, 2.75) is 20.0 Å². The molecule has 0 radical (unpaired) electrons. The van der Waals surface area contributed by atoms with E-state index in [9.17, 15) is 14.4 Å². The minimum Gasteiger partial charge on any atom is -0.494 e. The summed E-state index contributed by atoms with van der Waals surface area (Å²) < 4.78 is 8.32. The first-order valence-corrected chi connectivity index (χ1v) is 11.2. The van der Waals surface area contributed by atoms with Gasteiger partial charge in [0.2, 0.25) is 5.91 Å². The SMILES string of the molecule is CCOc1ccc(Cn2c(=O)c3sccc3n(CC(=O)Nc3ccccc3Cl)c2=O)cc1. The Labute approximate surface area is 192 Å². The van der Waals surface area contributed by atoms with Crippen LogP contribution in [0.15, 0.2) is 69.6 Å². The number of nitrogens with zero attached hydrogens (tertiary/aromatic N) is 2. The van der Waals surface area contributed by atoms with Crippen molar-refractivity contribution in [2.75, 3.05) is 11.9 Å². The van der Waals surface area contributed by atoms with Crippen molar-refractivity contribution in [3.63, 3.8) is 0 Å². The number of carbonyl (C=O) groups excluding carboxylic acids is 1. The van der Waals surface area contributed by atoms with Gasteiger partial charge >= 0.3 is 5.69 Å². The van der Waals surface area contributed by atoms with Crippen LogP contribution in [0.5, 0.6) is 5.75 Å². The summed E-state index contributed by atoms with van der Waals surface area (Å²) in [6.45, 7) is 2.29. The van der Waals surface area contributed by atoms with Gasteiger partial charge in [0, 0.05) is 0 Å². The maximum absolute atomic E-state index is 13.2. The Bertz CT molecular complexity index is 1390. The van der Waals surface area contributed by atoms with Crippen molar-refractivity contribution >= 4 is 44.7 Å². The topological polar surface area (TPSA) is 82.3 Å². The second kappa shape index (κ2) is 9.42. The molecule has 0 aliphatic rings. The summed E-state index contributed by atoms with van der Waals surface area (Å²) in [6, 6.07) is 15.7. The molecule has 2 aromatic heterocycles. The van der Waals surface area contributed by atoms with Crippen LogP contribution in [0, 0.1) is 0 Å². The van der Waals surface area contributed by atoms with Gasteiger partial charge in [-0.15, -0.1) is 11.3 Å². The van der Waals surface area contributed by atoms with E-state index in [1.807, 2.05) is 19.1 Å². The van der Waals surface area contributed by atoms with Gasteiger partial charge < -0.3 is 10.1 Å². The van der Waals surface area contributed by atoms with E-state index in [1.54, 1.807) is 47.8 Å². The van der Waals surface area contributed by atoms with E-state index < -0.39 is 11.6 Å². The number of carbonyl (C=O) groups is 1. The van der Waals surface area contributed by atoms with Crippen LogP contribution < -0.4 is 21.3 Å². The highest BCUT2D eigenvalue weighted by Crippen LogP contribution is 2.21. The third-order valence-electron chi connectivity index (χ3n) is 4.86. The number of fused-ring (bicyclic) bond motifs is 1. The maximum atomic E-state index is 13.2. The highest BCUT2D eigenvalue weighted by molar-refractivity contribution is 7.17. The predicted octanol–water partition coefficient (Wildman–Crippen LogP) is 3.96.